The summed E-state index contributed by atoms with van der Waals surface area (Å²) in [4.78, 5) is 25.1. The van der Waals surface area contributed by atoms with Crippen LogP contribution in [0, 0.1) is 0 Å². The first-order chi connectivity index (χ1) is 10.1. The number of hydrogen-bond acceptors (Lipinski definition) is 5. The fraction of sp³-hybridized carbons (Fsp3) is 0.667. The largest absolute Gasteiger partial charge is 0.369 e. The SMILES string of the molecule is CCCNc1cncc(C(=O)N2CCC(N(C)C)CC2)n1. The van der Waals surface area contributed by atoms with Gasteiger partial charge < -0.3 is 15.1 Å². The van der Waals surface area contributed by atoms with Gasteiger partial charge in [-0.2, -0.15) is 0 Å². The number of aromatic nitrogens is 2. The number of amides is 1. The highest BCUT2D eigenvalue weighted by atomic mass is 16.2. The minimum Gasteiger partial charge on any atom is -0.369 e. The lowest BCUT2D eigenvalue weighted by atomic mass is 10.0. The first-order valence-electron chi connectivity index (χ1n) is 7.63. The molecule has 0 bridgehead atoms. The predicted molar refractivity (Wildman–Crippen MR) is 83.4 cm³/mol. The molecule has 1 aromatic heterocycles. The standard InChI is InChI=1S/C15H25N5O/c1-4-7-17-14-11-16-10-13(18-14)15(21)20-8-5-12(6-9-20)19(2)3/h10-12H,4-9H2,1-3H3,(H,17,18). The molecule has 0 unspecified atom stereocenters. The van der Waals surface area contributed by atoms with Crippen molar-refractivity contribution in [3.8, 4) is 0 Å². The summed E-state index contributed by atoms with van der Waals surface area (Å²) in [6, 6.07) is 0.567. The molecule has 1 aliphatic rings. The van der Waals surface area contributed by atoms with E-state index in [0.717, 1.165) is 38.9 Å². The number of carbonyl (C=O) groups excluding carboxylic acids is 1. The molecule has 1 N–H and O–H groups in total. The lowest BCUT2D eigenvalue weighted by Gasteiger charge is -2.35. The van der Waals surface area contributed by atoms with Crippen LogP contribution >= 0.6 is 0 Å². The van der Waals surface area contributed by atoms with E-state index in [2.05, 4.69) is 41.2 Å². The van der Waals surface area contributed by atoms with Crippen molar-refractivity contribution in [2.75, 3.05) is 39.0 Å². The fourth-order valence-electron chi connectivity index (χ4n) is 2.55. The highest BCUT2D eigenvalue weighted by molar-refractivity contribution is 5.92. The Balaban J connectivity index is 1.97. The van der Waals surface area contributed by atoms with Gasteiger partial charge in [-0.25, -0.2) is 4.98 Å². The van der Waals surface area contributed by atoms with Crippen molar-refractivity contribution >= 4 is 11.7 Å². The molecule has 2 heterocycles. The van der Waals surface area contributed by atoms with E-state index in [1.54, 1.807) is 12.4 Å². The third-order valence-corrected chi connectivity index (χ3v) is 3.89. The number of rotatable bonds is 5. The van der Waals surface area contributed by atoms with Gasteiger partial charge in [0.1, 0.15) is 11.5 Å². The van der Waals surface area contributed by atoms with Crippen molar-refractivity contribution in [3.05, 3.63) is 18.1 Å². The van der Waals surface area contributed by atoms with Gasteiger partial charge in [-0.3, -0.25) is 9.78 Å². The molecular formula is C15H25N5O. The molecule has 1 fully saturated rings. The van der Waals surface area contributed by atoms with Crippen LogP contribution < -0.4 is 5.32 Å². The molecule has 116 valence electrons. The summed E-state index contributed by atoms with van der Waals surface area (Å²) in [5.41, 5.74) is 0.430. The second kappa shape index (κ2) is 7.36. The van der Waals surface area contributed by atoms with Gasteiger partial charge in [0.2, 0.25) is 0 Å². The van der Waals surface area contributed by atoms with Crippen molar-refractivity contribution in [1.82, 2.24) is 19.8 Å². The maximum Gasteiger partial charge on any atom is 0.274 e. The van der Waals surface area contributed by atoms with E-state index >= 15 is 0 Å². The molecule has 0 aliphatic carbocycles. The summed E-state index contributed by atoms with van der Waals surface area (Å²) in [5.74, 6) is 0.658. The number of hydrogen-bond donors (Lipinski definition) is 1. The third-order valence-electron chi connectivity index (χ3n) is 3.89. The van der Waals surface area contributed by atoms with E-state index in [9.17, 15) is 4.79 Å². The van der Waals surface area contributed by atoms with Gasteiger partial charge >= 0.3 is 0 Å². The van der Waals surface area contributed by atoms with Crippen molar-refractivity contribution in [2.24, 2.45) is 0 Å². The zero-order valence-electron chi connectivity index (χ0n) is 13.2. The van der Waals surface area contributed by atoms with Crippen molar-refractivity contribution in [3.63, 3.8) is 0 Å². The zero-order valence-corrected chi connectivity index (χ0v) is 13.2. The molecule has 0 radical (unpaired) electrons. The van der Waals surface area contributed by atoms with Crippen molar-refractivity contribution in [1.29, 1.82) is 0 Å². The smallest absolute Gasteiger partial charge is 0.274 e. The van der Waals surface area contributed by atoms with Crippen LogP contribution in [0.4, 0.5) is 5.82 Å². The highest BCUT2D eigenvalue weighted by Crippen LogP contribution is 2.16. The minimum atomic E-state index is -0.0140. The Labute approximate surface area is 126 Å². The average Bonchev–Trinajstić information content (AvgIpc) is 2.52. The highest BCUT2D eigenvalue weighted by Gasteiger charge is 2.25. The first-order valence-corrected chi connectivity index (χ1v) is 7.63. The first kappa shape index (κ1) is 15.7. The van der Waals surface area contributed by atoms with Gasteiger partial charge in [0.15, 0.2) is 0 Å². The normalized spacial score (nSPS) is 16.3. The van der Waals surface area contributed by atoms with E-state index in [1.807, 2.05) is 4.90 Å². The van der Waals surface area contributed by atoms with E-state index in [4.69, 9.17) is 0 Å². The minimum absolute atomic E-state index is 0.0140. The maximum absolute atomic E-state index is 12.5. The molecule has 0 spiro atoms. The fourth-order valence-corrected chi connectivity index (χ4v) is 2.55. The van der Waals surface area contributed by atoms with Gasteiger partial charge in [-0.05, 0) is 33.4 Å². The Morgan fingerprint density at radius 1 is 1.38 bits per heavy atom. The quantitative estimate of drug-likeness (QED) is 0.890. The van der Waals surface area contributed by atoms with Gasteiger partial charge in [-0.1, -0.05) is 6.92 Å². The third kappa shape index (κ3) is 4.14. The van der Waals surface area contributed by atoms with E-state index in [-0.39, 0.29) is 5.91 Å². The van der Waals surface area contributed by atoms with Gasteiger partial charge in [-0.15, -0.1) is 0 Å². The van der Waals surface area contributed by atoms with Crippen LogP contribution in [0.15, 0.2) is 12.4 Å². The molecule has 0 saturated carbocycles. The van der Waals surface area contributed by atoms with Crippen LogP contribution in [-0.2, 0) is 0 Å². The van der Waals surface area contributed by atoms with Gasteiger partial charge in [0.05, 0.1) is 12.4 Å². The van der Waals surface area contributed by atoms with Crippen molar-refractivity contribution < 1.29 is 4.79 Å². The Kier molecular flexibility index (Phi) is 5.50. The number of nitrogens with zero attached hydrogens (tertiary/aromatic N) is 4. The Bertz CT molecular complexity index is 469. The monoisotopic (exact) mass is 291 g/mol. The molecular weight excluding hydrogens is 266 g/mol. The summed E-state index contributed by atoms with van der Waals surface area (Å²) >= 11 is 0. The van der Waals surface area contributed by atoms with Gasteiger partial charge in [0, 0.05) is 25.7 Å². The van der Waals surface area contributed by atoms with Gasteiger partial charge in [0.25, 0.3) is 5.91 Å². The van der Waals surface area contributed by atoms with E-state index < -0.39 is 0 Å². The molecule has 21 heavy (non-hydrogen) atoms. The second-order valence-corrected chi connectivity index (χ2v) is 5.70. The van der Waals surface area contributed by atoms with Crippen LogP contribution in [0.5, 0.6) is 0 Å². The molecule has 1 aromatic rings. The number of nitrogens with one attached hydrogen (secondary N) is 1. The van der Waals surface area contributed by atoms with Crippen LogP contribution in [0.2, 0.25) is 0 Å². The predicted octanol–water partition coefficient (Wildman–Crippen LogP) is 1.46. The van der Waals surface area contributed by atoms with Crippen LogP contribution in [-0.4, -0.2) is 65.4 Å². The summed E-state index contributed by atoms with van der Waals surface area (Å²) in [6.45, 7) is 4.50. The molecule has 0 atom stereocenters. The molecule has 6 nitrogen and oxygen atoms in total. The second-order valence-electron chi connectivity index (χ2n) is 5.70. The van der Waals surface area contributed by atoms with E-state index in [0.29, 0.717) is 17.6 Å². The number of likely N-dealkylation sites (tertiary alicyclic amines) is 1. The number of piperidine rings is 1. The van der Waals surface area contributed by atoms with Crippen LogP contribution in [0.3, 0.4) is 0 Å². The van der Waals surface area contributed by atoms with Crippen molar-refractivity contribution in [2.45, 2.75) is 32.2 Å². The number of carbonyl (C=O) groups is 1. The Hall–Kier alpha value is -1.69. The van der Waals surface area contributed by atoms with Crippen LogP contribution in [0.25, 0.3) is 0 Å². The topological polar surface area (TPSA) is 61.4 Å². The summed E-state index contributed by atoms with van der Waals surface area (Å²) in [5, 5.41) is 3.16. The Morgan fingerprint density at radius 2 is 2.10 bits per heavy atom. The van der Waals surface area contributed by atoms with Crippen LogP contribution in [0.1, 0.15) is 36.7 Å². The van der Waals surface area contributed by atoms with E-state index in [1.165, 1.54) is 0 Å². The lowest BCUT2D eigenvalue weighted by molar-refractivity contribution is 0.0657. The molecule has 0 aromatic carbocycles. The Morgan fingerprint density at radius 3 is 2.71 bits per heavy atom. The average molecular weight is 291 g/mol. The zero-order chi connectivity index (χ0) is 15.2. The molecule has 2 rings (SSSR count). The summed E-state index contributed by atoms with van der Waals surface area (Å²) < 4.78 is 0. The maximum atomic E-state index is 12.5. The molecule has 1 aliphatic heterocycles. The number of anilines is 1. The molecule has 6 heteroatoms. The molecule has 1 amide bonds. The summed E-state index contributed by atoms with van der Waals surface area (Å²) in [6.07, 6.45) is 6.25. The lowest BCUT2D eigenvalue weighted by Crippen LogP contribution is -2.44. The molecule has 1 saturated heterocycles. The summed E-state index contributed by atoms with van der Waals surface area (Å²) in [7, 11) is 4.19.